The van der Waals surface area contributed by atoms with Crippen LogP contribution in [0.3, 0.4) is 0 Å². The minimum absolute atomic E-state index is 0.101. The van der Waals surface area contributed by atoms with Gasteiger partial charge in [-0.3, -0.25) is 15.1 Å². The van der Waals surface area contributed by atoms with Gasteiger partial charge < -0.3 is 0 Å². The average Bonchev–Trinajstić information content (AvgIpc) is 2.20. The van der Waals surface area contributed by atoms with Gasteiger partial charge in [0.05, 0.1) is 6.04 Å². The first-order valence-electron chi connectivity index (χ1n) is 4.95. The normalized spacial score (nSPS) is 31.1. The summed E-state index contributed by atoms with van der Waals surface area (Å²) in [6, 6.07) is 0.305. The molecule has 1 heterocycles. The summed E-state index contributed by atoms with van der Waals surface area (Å²) in [5.41, 5.74) is 2.21. The van der Waals surface area contributed by atoms with Crippen LogP contribution < -0.4 is 11.3 Å². The molecular weight excluding hydrogens is 198 g/mol. The molecule has 1 aliphatic heterocycles. The van der Waals surface area contributed by atoms with E-state index in [9.17, 15) is 4.79 Å². The molecule has 3 unspecified atom stereocenters. The molecule has 0 bridgehead atoms. The van der Waals surface area contributed by atoms with Gasteiger partial charge in [0, 0.05) is 23.6 Å². The van der Waals surface area contributed by atoms with Crippen molar-refractivity contribution in [3.63, 3.8) is 0 Å². The Morgan fingerprint density at radius 1 is 1.64 bits per heavy atom. The predicted molar refractivity (Wildman–Crippen MR) is 59.9 cm³/mol. The van der Waals surface area contributed by atoms with Crippen molar-refractivity contribution in [1.29, 1.82) is 0 Å². The highest BCUT2D eigenvalue weighted by Gasteiger charge is 2.31. The van der Waals surface area contributed by atoms with Crippen LogP contribution in [-0.4, -0.2) is 40.4 Å². The Kier molecular flexibility index (Phi) is 4.22. The lowest BCUT2D eigenvalue weighted by Gasteiger charge is -2.40. The van der Waals surface area contributed by atoms with Gasteiger partial charge in [-0.05, 0) is 13.8 Å². The lowest BCUT2D eigenvalue weighted by atomic mass is 10.1. The van der Waals surface area contributed by atoms with Gasteiger partial charge >= 0.3 is 0 Å². The van der Waals surface area contributed by atoms with Gasteiger partial charge in [-0.15, -0.1) is 0 Å². The topological polar surface area (TPSA) is 58.4 Å². The Balaban J connectivity index is 2.61. The molecule has 3 N–H and O–H groups in total. The molecule has 0 aromatic heterocycles. The maximum atomic E-state index is 11.4. The number of thioether (sulfide) groups is 1. The number of hydrogen-bond donors (Lipinski definition) is 2. The SMILES string of the molecule is CC1SCCN(C(C)C(=O)NN)C1C. The summed E-state index contributed by atoms with van der Waals surface area (Å²) in [6.07, 6.45) is 0. The summed E-state index contributed by atoms with van der Waals surface area (Å²) in [6.45, 7) is 7.23. The molecule has 0 aliphatic carbocycles. The number of hydrogen-bond acceptors (Lipinski definition) is 4. The maximum absolute atomic E-state index is 11.4. The third-order valence-electron chi connectivity index (χ3n) is 2.95. The van der Waals surface area contributed by atoms with Crippen LogP contribution >= 0.6 is 11.8 Å². The molecule has 0 saturated carbocycles. The summed E-state index contributed by atoms with van der Waals surface area (Å²) in [7, 11) is 0. The Bertz CT molecular complexity index is 212. The molecule has 3 atom stereocenters. The van der Waals surface area contributed by atoms with Gasteiger partial charge in [-0.25, -0.2) is 5.84 Å². The maximum Gasteiger partial charge on any atom is 0.250 e. The highest BCUT2D eigenvalue weighted by Crippen LogP contribution is 2.25. The van der Waals surface area contributed by atoms with Gasteiger partial charge in [-0.1, -0.05) is 6.92 Å². The number of carbonyl (C=O) groups is 1. The summed E-state index contributed by atoms with van der Waals surface area (Å²) < 4.78 is 0. The number of nitrogens with two attached hydrogens (primary N) is 1. The fourth-order valence-electron chi connectivity index (χ4n) is 1.77. The summed E-state index contributed by atoms with van der Waals surface area (Å²) in [5, 5.41) is 0.580. The third-order valence-corrected chi connectivity index (χ3v) is 4.29. The molecule has 82 valence electrons. The van der Waals surface area contributed by atoms with Crippen LogP contribution in [0.4, 0.5) is 0 Å². The molecule has 0 spiro atoms. The van der Waals surface area contributed by atoms with Gasteiger partial charge in [0.2, 0.25) is 0 Å². The zero-order valence-electron chi connectivity index (χ0n) is 8.99. The highest BCUT2D eigenvalue weighted by atomic mass is 32.2. The fraction of sp³-hybridized carbons (Fsp3) is 0.889. The minimum atomic E-state index is -0.127. The van der Waals surface area contributed by atoms with E-state index in [-0.39, 0.29) is 11.9 Å². The van der Waals surface area contributed by atoms with Crippen molar-refractivity contribution in [2.45, 2.75) is 38.1 Å². The van der Waals surface area contributed by atoms with E-state index in [2.05, 4.69) is 24.2 Å². The number of nitrogens with zero attached hydrogens (tertiary/aromatic N) is 1. The van der Waals surface area contributed by atoms with E-state index in [1.165, 1.54) is 0 Å². The predicted octanol–water partition coefficient (Wildman–Crippen LogP) is 0.191. The molecule has 4 nitrogen and oxygen atoms in total. The Morgan fingerprint density at radius 3 is 2.86 bits per heavy atom. The fourth-order valence-corrected chi connectivity index (χ4v) is 2.90. The van der Waals surface area contributed by atoms with Crippen molar-refractivity contribution in [3.05, 3.63) is 0 Å². The van der Waals surface area contributed by atoms with E-state index < -0.39 is 0 Å². The van der Waals surface area contributed by atoms with Crippen molar-refractivity contribution < 1.29 is 4.79 Å². The van der Waals surface area contributed by atoms with Crippen molar-refractivity contribution in [3.8, 4) is 0 Å². The Morgan fingerprint density at radius 2 is 2.29 bits per heavy atom. The summed E-state index contributed by atoms with van der Waals surface area (Å²) >= 11 is 1.96. The van der Waals surface area contributed by atoms with E-state index in [0.717, 1.165) is 12.3 Å². The molecular formula is C9H19N3OS. The second-order valence-corrected chi connectivity index (χ2v) is 5.22. The quantitative estimate of drug-likeness (QED) is 0.394. The Labute approximate surface area is 89.6 Å². The minimum Gasteiger partial charge on any atom is -0.293 e. The number of hydrazine groups is 1. The van der Waals surface area contributed by atoms with Crippen LogP contribution in [0.1, 0.15) is 20.8 Å². The van der Waals surface area contributed by atoms with E-state index >= 15 is 0 Å². The highest BCUT2D eigenvalue weighted by molar-refractivity contribution is 8.00. The van der Waals surface area contributed by atoms with E-state index in [0.29, 0.717) is 11.3 Å². The molecule has 0 aromatic carbocycles. The smallest absolute Gasteiger partial charge is 0.250 e. The average molecular weight is 217 g/mol. The zero-order chi connectivity index (χ0) is 10.7. The van der Waals surface area contributed by atoms with Crippen LogP contribution in [0, 0.1) is 0 Å². The Hall–Kier alpha value is -0.260. The van der Waals surface area contributed by atoms with Crippen LogP contribution in [-0.2, 0) is 4.79 Å². The van der Waals surface area contributed by atoms with Crippen molar-refractivity contribution >= 4 is 17.7 Å². The third kappa shape index (κ3) is 2.40. The zero-order valence-corrected chi connectivity index (χ0v) is 9.80. The van der Waals surface area contributed by atoms with Gasteiger partial charge in [-0.2, -0.15) is 11.8 Å². The van der Waals surface area contributed by atoms with Gasteiger partial charge in [0.25, 0.3) is 5.91 Å². The lowest BCUT2D eigenvalue weighted by molar-refractivity contribution is -0.126. The summed E-state index contributed by atoms with van der Waals surface area (Å²) in [4.78, 5) is 13.6. The second-order valence-electron chi connectivity index (χ2n) is 3.74. The van der Waals surface area contributed by atoms with Crippen LogP contribution in [0.25, 0.3) is 0 Å². The molecule has 0 radical (unpaired) electrons. The van der Waals surface area contributed by atoms with Gasteiger partial charge in [0.1, 0.15) is 0 Å². The monoisotopic (exact) mass is 217 g/mol. The molecule has 1 fully saturated rings. The summed E-state index contributed by atoms with van der Waals surface area (Å²) in [5.74, 6) is 6.12. The molecule has 1 saturated heterocycles. The lowest BCUT2D eigenvalue weighted by Crippen LogP contribution is -2.55. The van der Waals surface area contributed by atoms with E-state index in [1.54, 1.807) is 0 Å². The molecule has 1 amide bonds. The van der Waals surface area contributed by atoms with Crippen LogP contribution in [0.2, 0.25) is 0 Å². The first kappa shape index (κ1) is 11.8. The van der Waals surface area contributed by atoms with E-state index in [4.69, 9.17) is 5.84 Å². The first-order valence-corrected chi connectivity index (χ1v) is 6.00. The number of carbonyl (C=O) groups excluding carboxylic acids is 1. The molecule has 1 aliphatic rings. The molecule has 5 heteroatoms. The largest absolute Gasteiger partial charge is 0.293 e. The number of amides is 1. The second kappa shape index (κ2) is 5.00. The van der Waals surface area contributed by atoms with Gasteiger partial charge in [0.15, 0.2) is 0 Å². The number of nitrogens with one attached hydrogen (secondary N) is 1. The molecule has 14 heavy (non-hydrogen) atoms. The standard InChI is InChI=1S/C9H19N3OS/c1-6-8(3)14-5-4-12(6)7(2)9(13)11-10/h6-8H,4-5,10H2,1-3H3,(H,11,13). The van der Waals surface area contributed by atoms with Crippen LogP contribution in [0.15, 0.2) is 0 Å². The molecule has 1 rings (SSSR count). The van der Waals surface area contributed by atoms with Crippen molar-refractivity contribution in [1.82, 2.24) is 10.3 Å². The van der Waals surface area contributed by atoms with E-state index in [1.807, 2.05) is 18.7 Å². The van der Waals surface area contributed by atoms with Crippen molar-refractivity contribution in [2.75, 3.05) is 12.3 Å². The number of rotatable bonds is 2. The molecule has 0 aromatic rings. The van der Waals surface area contributed by atoms with Crippen LogP contribution in [0.5, 0.6) is 0 Å². The van der Waals surface area contributed by atoms with Crippen molar-refractivity contribution in [2.24, 2.45) is 5.84 Å². The first-order chi connectivity index (χ1) is 6.57.